The predicted molar refractivity (Wildman–Crippen MR) is 126 cm³/mol. The van der Waals surface area contributed by atoms with E-state index in [2.05, 4.69) is 14.9 Å². The van der Waals surface area contributed by atoms with Crippen molar-refractivity contribution in [2.24, 2.45) is 0 Å². The molecular weight excluding hydrogens is 424 g/mol. The van der Waals surface area contributed by atoms with Crippen molar-refractivity contribution in [3.63, 3.8) is 0 Å². The summed E-state index contributed by atoms with van der Waals surface area (Å²) in [6, 6.07) is 9.64. The highest BCUT2D eigenvalue weighted by Gasteiger charge is 2.19. The maximum atomic E-state index is 12.8. The first-order chi connectivity index (χ1) is 15.5. The van der Waals surface area contributed by atoms with E-state index in [1.165, 1.54) is 11.3 Å². The second kappa shape index (κ2) is 9.55. The third kappa shape index (κ3) is 4.69. The van der Waals surface area contributed by atoms with Crippen LogP contribution in [0, 0.1) is 25.2 Å². The first-order valence-corrected chi connectivity index (χ1v) is 11.5. The van der Waals surface area contributed by atoms with Gasteiger partial charge in [-0.25, -0.2) is 4.98 Å². The van der Waals surface area contributed by atoms with Crippen LogP contribution in [0.1, 0.15) is 36.7 Å². The molecule has 1 atom stereocenters. The molecule has 1 fully saturated rings. The molecular formula is C24H26N4O3S. The number of amides is 1. The van der Waals surface area contributed by atoms with Crippen molar-refractivity contribution in [2.45, 2.75) is 46.3 Å². The van der Waals surface area contributed by atoms with Crippen LogP contribution in [0.5, 0.6) is 5.75 Å². The van der Waals surface area contributed by atoms with E-state index in [-0.39, 0.29) is 11.7 Å². The lowest BCUT2D eigenvalue weighted by atomic mass is 10.1. The van der Waals surface area contributed by atoms with Crippen molar-refractivity contribution in [3.05, 3.63) is 46.8 Å². The fourth-order valence-electron chi connectivity index (χ4n) is 3.93. The summed E-state index contributed by atoms with van der Waals surface area (Å²) >= 11 is 1.35. The Bertz CT molecular complexity index is 1210. The number of aryl methyl sites for hydroxylation is 1. The van der Waals surface area contributed by atoms with Gasteiger partial charge in [0.1, 0.15) is 17.4 Å². The van der Waals surface area contributed by atoms with E-state index in [1.807, 2.05) is 51.1 Å². The molecule has 1 amide bonds. The molecule has 3 heterocycles. The molecule has 0 aliphatic carbocycles. The number of ether oxygens (including phenoxy) is 2. The number of carbonyl (C=O) groups excluding carboxylic acids is 1. The predicted octanol–water partition coefficient (Wildman–Crippen LogP) is 4.84. The standard InChI is InChI=1S/C24H26N4O3S/c1-4-30-19-7-8-21-22(12-19)32-24(26-21)27-23(29)18(13-25)11-17-10-15(2)28(16(17)3)14-20-6-5-9-31-20/h7-8,10-12,20H,4-6,9,14H2,1-3H3,(H,26,27,29)/b18-11-. The number of fused-ring (bicyclic) bond motifs is 1. The van der Waals surface area contributed by atoms with Crippen LogP contribution in [-0.2, 0) is 16.1 Å². The van der Waals surface area contributed by atoms with Crippen LogP contribution in [0.4, 0.5) is 5.13 Å². The zero-order chi connectivity index (χ0) is 22.7. The second-order valence-electron chi connectivity index (χ2n) is 7.78. The maximum absolute atomic E-state index is 12.8. The molecule has 1 saturated heterocycles. The van der Waals surface area contributed by atoms with Gasteiger partial charge in [0.05, 0.1) is 22.9 Å². The number of thiazole rings is 1. The first-order valence-electron chi connectivity index (χ1n) is 10.7. The number of nitriles is 1. The van der Waals surface area contributed by atoms with Gasteiger partial charge in [-0.1, -0.05) is 11.3 Å². The molecule has 1 aliphatic rings. The smallest absolute Gasteiger partial charge is 0.268 e. The number of rotatable bonds is 7. The monoisotopic (exact) mass is 450 g/mol. The third-order valence-corrected chi connectivity index (χ3v) is 6.51. The highest BCUT2D eigenvalue weighted by atomic mass is 32.1. The summed E-state index contributed by atoms with van der Waals surface area (Å²) in [6.45, 7) is 8.15. The summed E-state index contributed by atoms with van der Waals surface area (Å²) in [5, 5.41) is 12.8. The number of anilines is 1. The Morgan fingerprint density at radius 3 is 3.00 bits per heavy atom. The molecule has 1 aliphatic heterocycles. The average Bonchev–Trinajstić information content (AvgIpc) is 3.48. The number of benzene rings is 1. The van der Waals surface area contributed by atoms with Gasteiger partial charge in [0.15, 0.2) is 5.13 Å². The molecule has 3 aromatic rings. The molecule has 2 aromatic heterocycles. The number of hydrogen-bond donors (Lipinski definition) is 1. The lowest BCUT2D eigenvalue weighted by Gasteiger charge is -2.14. The Balaban J connectivity index is 1.53. The molecule has 0 spiro atoms. The normalized spacial score (nSPS) is 16.3. The molecule has 1 N–H and O–H groups in total. The third-order valence-electron chi connectivity index (χ3n) is 5.58. The Labute approximate surface area is 191 Å². The highest BCUT2D eigenvalue weighted by molar-refractivity contribution is 7.22. The van der Waals surface area contributed by atoms with Gasteiger partial charge >= 0.3 is 0 Å². The minimum absolute atomic E-state index is 0.0385. The van der Waals surface area contributed by atoms with Crippen LogP contribution < -0.4 is 10.1 Å². The van der Waals surface area contributed by atoms with E-state index in [0.29, 0.717) is 11.7 Å². The van der Waals surface area contributed by atoms with Crippen molar-refractivity contribution in [1.29, 1.82) is 5.26 Å². The van der Waals surface area contributed by atoms with Crippen molar-refractivity contribution in [1.82, 2.24) is 9.55 Å². The van der Waals surface area contributed by atoms with E-state index in [0.717, 1.165) is 58.9 Å². The van der Waals surface area contributed by atoms with Gasteiger partial charge in [0.2, 0.25) is 0 Å². The topological polar surface area (TPSA) is 89.2 Å². The van der Waals surface area contributed by atoms with Crippen molar-refractivity contribution >= 4 is 38.7 Å². The van der Waals surface area contributed by atoms with Crippen molar-refractivity contribution < 1.29 is 14.3 Å². The lowest BCUT2D eigenvalue weighted by molar-refractivity contribution is -0.112. The average molecular weight is 451 g/mol. The Kier molecular flexibility index (Phi) is 6.58. The minimum atomic E-state index is -0.472. The van der Waals surface area contributed by atoms with E-state index < -0.39 is 5.91 Å². The summed E-state index contributed by atoms with van der Waals surface area (Å²) in [7, 11) is 0. The van der Waals surface area contributed by atoms with Crippen LogP contribution in [0.15, 0.2) is 29.8 Å². The molecule has 0 saturated carbocycles. The van der Waals surface area contributed by atoms with E-state index >= 15 is 0 Å². The van der Waals surface area contributed by atoms with Crippen LogP contribution >= 0.6 is 11.3 Å². The molecule has 32 heavy (non-hydrogen) atoms. The molecule has 1 aromatic carbocycles. The van der Waals surface area contributed by atoms with E-state index in [4.69, 9.17) is 9.47 Å². The summed E-state index contributed by atoms with van der Waals surface area (Å²) in [5.74, 6) is 0.290. The molecule has 7 nitrogen and oxygen atoms in total. The van der Waals surface area contributed by atoms with E-state index in [9.17, 15) is 10.1 Å². The number of carbonyl (C=O) groups is 1. The number of aromatic nitrogens is 2. The number of nitrogens with one attached hydrogen (secondary N) is 1. The van der Waals surface area contributed by atoms with Gasteiger partial charge in [0, 0.05) is 24.5 Å². The van der Waals surface area contributed by atoms with E-state index in [1.54, 1.807) is 6.08 Å². The van der Waals surface area contributed by atoms with Gasteiger partial charge in [-0.15, -0.1) is 0 Å². The van der Waals surface area contributed by atoms with Gasteiger partial charge in [-0.2, -0.15) is 5.26 Å². The quantitative estimate of drug-likeness (QED) is 0.411. The van der Waals surface area contributed by atoms with Crippen molar-refractivity contribution in [3.8, 4) is 11.8 Å². The Morgan fingerprint density at radius 2 is 2.28 bits per heavy atom. The summed E-state index contributed by atoms with van der Waals surface area (Å²) in [4.78, 5) is 17.2. The fourth-order valence-corrected chi connectivity index (χ4v) is 4.82. The molecule has 1 unspecified atom stereocenters. The second-order valence-corrected chi connectivity index (χ2v) is 8.81. The van der Waals surface area contributed by atoms with Crippen LogP contribution in [0.3, 0.4) is 0 Å². The van der Waals surface area contributed by atoms with Crippen molar-refractivity contribution in [2.75, 3.05) is 18.5 Å². The molecule has 8 heteroatoms. The zero-order valence-electron chi connectivity index (χ0n) is 18.5. The molecule has 166 valence electrons. The minimum Gasteiger partial charge on any atom is -0.494 e. The first kappa shape index (κ1) is 22.1. The highest BCUT2D eigenvalue weighted by Crippen LogP contribution is 2.30. The molecule has 4 rings (SSSR count). The summed E-state index contributed by atoms with van der Waals surface area (Å²) < 4.78 is 14.4. The number of hydrogen-bond acceptors (Lipinski definition) is 6. The number of nitrogens with zero attached hydrogens (tertiary/aromatic N) is 3. The van der Waals surface area contributed by atoms with Crippen LogP contribution in [-0.4, -0.2) is 34.8 Å². The van der Waals surface area contributed by atoms with Gasteiger partial charge in [0.25, 0.3) is 5.91 Å². The molecule has 0 radical (unpaired) electrons. The largest absolute Gasteiger partial charge is 0.494 e. The SMILES string of the molecule is CCOc1ccc2nc(NC(=O)/C(C#N)=C\c3cc(C)n(CC4CCCO4)c3C)sc2c1. The van der Waals surface area contributed by atoms with Gasteiger partial charge < -0.3 is 14.0 Å². The lowest BCUT2D eigenvalue weighted by Crippen LogP contribution is -2.17. The summed E-state index contributed by atoms with van der Waals surface area (Å²) in [6.07, 6.45) is 4.01. The van der Waals surface area contributed by atoms with Crippen LogP contribution in [0.2, 0.25) is 0 Å². The van der Waals surface area contributed by atoms with Gasteiger partial charge in [-0.3, -0.25) is 10.1 Å². The summed E-state index contributed by atoms with van der Waals surface area (Å²) in [5.41, 5.74) is 3.77. The zero-order valence-corrected chi connectivity index (χ0v) is 19.3. The fraction of sp³-hybridized carbons (Fsp3) is 0.375. The van der Waals surface area contributed by atoms with Gasteiger partial charge in [-0.05, 0) is 69.5 Å². The molecule has 0 bridgehead atoms. The van der Waals surface area contributed by atoms with Crippen LogP contribution in [0.25, 0.3) is 16.3 Å². The Morgan fingerprint density at radius 1 is 1.44 bits per heavy atom. The Hall–Kier alpha value is -3.15. The maximum Gasteiger partial charge on any atom is 0.268 e.